The van der Waals surface area contributed by atoms with Gasteiger partial charge in [-0.15, -0.1) is 0 Å². The molecule has 0 aromatic carbocycles. The Bertz CT molecular complexity index is 358. The van der Waals surface area contributed by atoms with Gasteiger partial charge >= 0.3 is 5.97 Å². The van der Waals surface area contributed by atoms with Crippen molar-refractivity contribution in [3.8, 4) is 0 Å². The Morgan fingerprint density at radius 1 is 1.11 bits per heavy atom. The number of rotatable bonds is 3. The number of carbonyl (C=O) groups is 2. The van der Waals surface area contributed by atoms with Crippen molar-refractivity contribution in [2.45, 2.75) is 40.0 Å². The molecule has 4 heteroatoms. The molecule has 0 bridgehead atoms. The zero-order valence-electron chi connectivity index (χ0n) is 12.1. The van der Waals surface area contributed by atoms with Crippen LogP contribution in [0.1, 0.15) is 40.0 Å². The number of aliphatic carboxylic acids is 1. The maximum Gasteiger partial charge on any atom is 0.307 e. The van der Waals surface area contributed by atoms with Crippen LogP contribution in [0, 0.1) is 29.6 Å². The summed E-state index contributed by atoms with van der Waals surface area (Å²) in [5.74, 6) is -0.0311. The van der Waals surface area contributed by atoms with Gasteiger partial charge in [-0.2, -0.15) is 0 Å². The van der Waals surface area contributed by atoms with Crippen LogP contribution in [0.2, 0.25) is 0 Å². The summed E-state index contributed by atoms with van der Waals surface area (Å²) in [7, 11) is 0. The lowest BCUT2D eigenvalue weighted by molar-refractivity contribution is -0.148. The molecule has 0 spiro atoms. The number of hydrogen-bond donors (Lipinski definition) is 1. The van der Waals surface area contributed by atoms with Crippen LogP contribution < -0.4 is 0 Å². The van der Waals surface area contributed by atoms with Crippen LogP contribution in [0.4, 0.5) is 0 Å². The van der Waals surface area contributed by atoms with E-state index in [1.165, 1.54) is 0 Å². The molecular weight excluding hydrogens is 242 g/mol. The average Bonchev–Trinajstić information content (AvgIpc) is 2.93. The van der Waals surface area contributed by atoms with E-state index in [2.05, 4.69) is 20.8 Å². The number of carboxylic acid groups (broad SMARTS) is 1. The van der Waals surface area contributed by atoms with Gasteiger partial charge in [0.25, 0.3) is 0 Å². The van der Waals surface area contributed by atoms with Crippen molar-refractivity contribution < 1.29 is 14.7 Å². The maximum absolute atomic E-state index is 12.6. The fourth-order valence-electron chi connectivity index (χ4n) is 3.57. The highest BCUT2D eigenvalue weighted by Gasteiger charge is 2.45. The molecular formula is C15H25NO3. The largest absolute Gasteiger partial charge is 0.481 e. The SMILES string of the molecule is CCC1CC(C(=O)O)C(C(=O)N2CC(C)C(C)C2)C1. The molecule has 1 aliphatic carbocycles. The summed E-state index contributed by atoms with van der Waals surface area (Å²) in [6, 6.07) is 0. The van der Waals surface area contributed by atoms with Crippen LogP contribution in [0.25, 0.3) is 0 Å². The predicted octanol–water partition coefficient (Wildman–Crippen LogP) is 2.24. The second kappa shape index (κ2) is 5.51. The zero-order valence-corrected chi connectivity index (χ0v) is 12.1. The predicted molar refractivity (Wildman–Crippen MR) is 72.5 cm³/mol. The first kappa shape index (κ1) is 14.4. The minimum absolute atomic E-state index is 0.0829. The summed E-state index contributed by atoms with van der Waals surface area (Å²) in [4.78, 5) is 25.8. The minimum Gasteiger partial charge on any atom is -0.481 e. The van der Waals surface area contributed by atoms with Crippen LogP contribution in [0.15, 0.2) is 0 Å². The van der Waals surface area contributed by atoms with E-state index in [9.17, 15) is 14.7 Å². The monoisotopic (exact) mass is 267 g/mol. The number of likely N-dealkylation sites (tertiary alicyclic amines) is 1. The summed E-state index contributed by atoms with van der Waals surface area (Å²) in [6.07, 6.45) is 2.40. The molecule has 2 aliphatic rings. The molecule has 0 radical (unpaired) electrons. The van der Waals surface area contributed by atoms with Gasteiger partial charge in [-0.25, -0.2) is 0 Å². The maximum atomic E-state index is 12.6. The molecule has 0 aromatic rings. The summed E-state index contributed by atoms with van der Waals surface area (Å²) >= 11 is 0. The molecule has 4 nitrogen and oxygen atoms in total. The summed E-state index contributed by atoms with van der Waals surface area (Å²) in [5, 5.41) is 9.32. The molecule has 108 valence electrons. The molecule has 1 saturated carbocycles. The highest BCUT2D eigenvalue weighted by molar-refractivity contribution is 5.85. The molecule has 5 atom stereocenters. The molecule has 0 aromatic heterocycles. The number of hydrogen-bond acceptors (Lipinski definition) is 2. The molecule has 2 rings (SSSR count). The quantitative estimate of drug-likeness (QED) is 0.853. The van der Waals surface area contributed by atoms with Gasteiger partial charge in [-0.3, -0.25) is 9.59 Å². The first-order valence-electron chi connectivity index (χ1n) is 7.45. The third-order valence-corrected chi connectivity index (χ3v) is 5.17. The van der Waals surface area contributed by atoms with Crippen molar-refractivity contribution in [1.82, 2.24) is 4.90 Å². The standard InChI is InChI=1S/C15H25NO3/c1-4-11-5-12(13(6-11)15(18)19)14(17)16-7-9(2)10(3)8-16/h9-13H,4-8H2,1-3H3,(H,18,19). The van der Waals surface area contributed by atoms with E-state index in [0.717, 1.165) is 25.9 Å². The van der Waals surface area contributed by atoms with Gasteiger partial charge in [-0.1, -0.05) is 27.2 Å². The lowest BCUT2D eigenvalue weighted by Gasteiger charge is -2.23. The van der Waals surface area contributed by atoms with Crippen LogP contribution in [-0.2, 0) is 9.59 Å². The molecule has 1 heterocycles. The highest BCUT2D eigenvalue weighted by atomic mass is 16.4. The Balaban J connectivity index is 2.07. The van der Waals surface area contributed by atoms with Gasteiger partial charge in [0.15, 0.2) is 0 Å². The normalized spacial score (nSPS) is 38.7. The van der Waals surface area contributed by atoms with Crippen molar-refractivity contribution in [1.29, 1.82) is 0 Å². The Kier molecular flexibility index (Phi) is 4.16. The Labute approximate surface area is 115 Å². The van der Waals surface area contributed by atoms with E-state index in [1.807, 2.05) is 4.90 Å². The van der Waals surface area contributed by atoms with Crippen LogP contribution in [0.3, 0.4) is 0 Å². The van der Waals surface area contributed by atoms with Gasteiger partial charge in [0.1, 0.15) is 0 Å². The minimum atomic E-state index is -0.797. The molecule has 5 unspecified atom stereocenters. The van der Waals surface area contributed by atoms with Gasteiger partial charge in [0.05, 0.1) is 11.8 Å². The van der Waals surface area contributed by atoms with E-state index < -0.39 is 11.9 Å². The third kappa shape index (κ3) is 2.77. The number of nitrogens with zero attached hydrogens (tertiary/aromatic N) is 1. The summed E-state index contributed by atoms with van der Waals surface area (Å²) in [5.41, 5.74) is 0. The van der Waals surface area contributed by atoms with E-state index in [0.29, 0.717) is 24.2 Å². The molecule has 1 N–H and O–H groups in total. The first-order chi connectivity index (χ1) is 8.93. The topological polar surface area (TPSA) is 57.6 Å². The Morgan fingerprint density at radius 3 is 2.11 bits per heavy atom. The lowest BCUT2D eigenvalue weighted by Crippen LogP contribution is -2.38. The van der Waals surface area contributed by atoms with E-state index in [-0.39, 0.29) is 11.8 Å². The number of carbonyl (C=O) groups excluding carboxylic acids is 1. The van der Waals surface area contributed by atoms with Crippen molar-refractivity contribution in [2.24, 2.45) is 29.6 Å². The lowest BCUT2D eigenvalue weighted by atomic mass is 9.95. The second-order valence-electron chi connectivity index (χ2n) is 6.49. The van der Waals surface area contributed by atoms with Crippen molar-refractivity contribution in [3.05, 3.63) is 0 Å². The van der Waals surface area contributed by atoms with E-state index in [1.54, 1.807) is 0 Å². The third-order valence-electron chi connectivity index (χ3n) is 5.17. The van der Waals surface area contributed by atoms with Crippen molar-refractivity contribution >= 4 is 11.9 Å². The van der Waals surface area contributed by atoms with Crippen LogP contribution in [0.5, 0.6) is 0 Å². The summed E-state index contributed by atoms with van der Waals surface area (Å²) in [6.45, 7) is 7.99. The molecule has 2 fully saturated rings. The van der Waals surface area contributed by atoms with Gasteiger partial charge < -0.3 is 10.0 Å². The molecule has 19 heavy (non-hydrogen) atoms. The zero-order chi connectivity index (χ0) is 14.2. The fraction of sp³-hybridized carbons (Fsp3) is 0.867. The van der Waals surface area contributed by atoms with E-state index >= 15 is 0 Å². The number of amides is 1. The molecule has 1 amide bonds. The second-order valence-corrected chi connectivity index (χ2v) is 6.49. The molecule has 1 saturated heterocycles. The first-order valence-corrected chi connectivity index (χ1v) is 7.45. The molecule has 1 aliphatic heterocycles. The van der Waals surface area contributed by atoms with Gasteiger partial charge in [0, 0.05) is 13.1 Å². The van der Waals surface area contributed by atoms with Crippen LogP contribution in [-0.4, -0.2) is 35.0 Å². The summed E-state index contributed by atoms with van der Waals surface area (Å²) < 4.78 is 0. The van der Waals surface area contributed by atoms with Crippen molar-refractivity contribution in [3.63, 3.8) is 0 Å². The Hall–Kier alpha value is -1.06. The van der Waals surface area contributed by atoms with Crippen LogP contribution >= 0.6 is 0 Å². The van der Waals surface area contributed by atoms with Crippen molar-refractivity contribution in [2.75, 3.05) is 13.1 Å². The van der Waals surface area contributed by atoms with Gasteiger partial charge in [-0.05, 0) is 30.6 Å². The number of carboxylic acids is 1. The average molecular weight is 267 g/mol. The highest BCUT2D eigenvalue weighted by Crippen LogP contribution is 2.40. The smallest absolute Gasteiger partial charge is 0.307 e. The fourth-order valence-corrected chi connectivity index (χ4v) is 3.57. The Morgan fingerprint density at radius 2 is 1.63 bits per heavy atom. The van der Waals surface area contributed by atoms with Gasteiger partial charge in [0.2, 0.25) is 5.91 Å². The van der Waals surface area contributed by atoms with E-state index in [4.69, 9.17) is 0 Å².